The fourth-order valence-electron chi connectivity index (χ4n) is 4.08. The van der Waals surface area contributed by atoms with Gasteiger partial charge in [0.25, 0.3) is 5.91 Å². The van der Waals surface area contributed by atoms with Gasteiger partial charge in [-0.1, -0.05) is 23.9 Å². The van der Waals surface area contributed by atoms with Crippen LogP contribution < -0.4 is 10.2 Å². The molecule has 2 heterocycles. The molecule has 25 heavy (non-hydrogen) atoms. The van der Waals surface area contributed by atoms with E-state index in [2.05, 4.69) is 5.32 Å². The number of carbonyl (C=O) groups is 3. The van der Waals surface area contributed by atoms with Gasteiger partial charge >= 0.3 is 5.97 Å². The number of anilines is 1. The molecule has 1 saturated heterocycles. The van der Waals surface area contributed by atoms with Crippen molar-refractivity contribution in [3.05, 3.63) is 24.3 Å². The largest absolute Gasteiger partial charge is 0.481 e. The van der Waals surface area contributed by atoms with Crippen molar-refractivity contribution in [2.24, 2.45) is 5.92 Å². The number of amides is 2. The van der Waals surface area contributed by atoms with E-state index in [-0.39, 0.29) is 23.8 Å². The standard InChI is InChI=1S/C18H20N2O4S/c21-15-9-10-18(20(15)13-3-1-2-4-14(13)25-18)17(24)19-12-7-5-11(6-8-12)16(22)23/h1-4,11-12H,5-10H2,(H,19,24)(H,22,23). The number of nitrogens with one attached hydrogen (secondary N) is 1. The molecular weight excluding hydrogens is 340 g/mol. The Morgan fingerprint density at radius 1 is 1.20 bits per heavy atom. The number of nitrogens with zero attached hydrogens (tertiary/aromatic N) is 1. The van der Waals surface area contributed by atoms with E-state index in [1.54, 1.807) is 4.90 Å². The fourth-order valence-corrected chi connectivity index (χ4v) is 5.50. The second-order valence-electron chi connectivity index (χ2n) is 6.94. The number of carbonyl (C=O) groups excluding carboxylic acids is 2. The molecule has 1 unspecified atom stereocenters. The van der Waals surface area contributed by atoms with Crippen LogP contribution in [0.5, 0.6) is 0 Å². The van der Waals surface area contributed by atoms with Gasteiger partial charge in [0, 0.05) is 17.4 Å². The third kappa shape index (κ3) is 2.61. The van der Waals surface area contributed by atoms with E-state index in [0.29, 0.717) is 38.5 Å². The normalized spacial score (nSPS) is 30.7. The van der Waals surface area contributed by atoms with Crippen molar-refractivity contribution in [3.63, 3.8) is 0 Å². The zero-order chi connectivity index (χ0) is 17.6. The summed E-state index contributed by atoms with van der Waals surface area (Å²) >= 11 is 1.46. The van der Waals surface area contributed by atoms with Gasteiger partial charge in [0.15, 0.2) is 4.87 Å². The Bertz CT molecular complexity index is 744. The zero-order valence-corrected chi connectivity index (χ0v) is 14.6. The lowest BCUT2D eigenvalue weighted by Crippen LogP contribution is -2.55. The molecule has 6 nitrogen and oxygen atoms in total. The highest BCUT2D eigenvalue weighted by atomic mass is 32.2. The van der Waals surface area contributed by atoms with Crippen LogP contribution in [0, 0.1) is 5.92 Å². The average Bonchev–Trinajstić information content (AvgIpc) is 3.11. The fraction of sp³-hybridized carbons (Fsp3) is 0.500. The Kier molecular flexibility index (Phi) is 3.98. The van der Waals surface area contributed by atoms with Gasteiger partial charge in [0.05, 0.1) is 11.6 Å². The number of fused-ring (bicyclic) bond motifs is 3. The number of carboxylic acid groups (broad SMARTS) is 1. The number of para-hydroxylation sites is 1. The first kappa shape index (κ1) is 16.4. The summed E-state index contributed by atoms with van der Waals surface area (Å²) in [6.07, 6.45) is 3.39. The molecule has 1 aliphatic carbocycles. The van der Waals surface area contributed by atoms with Gasteiger partial charge in [-0.2, -0.15) is 0 Å². The minimum absolute atomic E-state index is 0.0119. The Morgan fingerprint density at radius 2 is 1.92 bits per heavy atom. The van der Waals surface area contributed by atoms with E-state index in [1.165, 1.54) is 11.8 Å². The highest BCUT2D eigenvalue weighted by Gasteiger charge is 2.57. The maximum Gasteiger partial charge on any atom is 0.306 e. The van der Waals surface area contributed by atoms with Crippen molar-refractivity contribution < 1.29 is 19.5 Å². The van der Waals surface area contributed by atoms with Crippen LogP contribution in [0.2, 0.25) is 0 Å². The van der Waals surface area contributed by atoms with Gasteiger partial charge in [-0.3, -0.25) is 19.3 Å². The number of carboxylic acids is 1. The molecule has 2 aliphatic heterocycles. The van der Waals surface area contributed by atoms with E-state index in [9.17, 15) is 14.4 Å². The summed E-state index contributed by atoms with van der Waals surface area (Å²) < 4.78 is 0. The predicted molar refractivity (Wildman–Crippen MR) is 93.3 cm³/mol. The van der Waals surface area contributed by atoms with Gasteiger partial charge in [-0.15, -0.1) is 0 Å². The molecule has 4 rings (SSSR count). The minimum atomic E-state index is -0.885. The number of thioether (sulfide) groups is 1. The highest BCUT2D eigenvalue weighted by Crippen LogP contribution is 2.55. The van der Waals surface area contributed by atoms with Crippen molar-refractivity contribution in [1.29, 1.82) is 0 Å². The lowest BCUT2D eigenvalue weighted by Gasteiger charge is -2.33. The van der Waals surface area contributed by atoms with E-state index >= 15 is 0 Å². The number of hydrogen-bond acceptors (Lipinski definition) is 4. The maximum absolute atomic E-state index is 13.1. The molecule has 1 aromatic carbocycles. The molecule has 2 amide bonds. The van der Waals surface area contributed by atoms with Crippen molar-refractivity contribution in [3.8, 4) is 0 Å². The highest BCUT2D eigenvalue weighted by molar-refractivity contribution is 8.02. The third-order valence-electron chi connectivity index (χ3n) is 5.44. The molecule has 0 bridgehead atoms. The molecule has 2 fully saturated rings. The Balaban J connectivity index is 1.51. The zero-order valence-electron chi connectivity index (χ0n) is 13.7. The molecule has 0 aromatic heterocycles. The molecule has 0 spiro atoms. The molecule has 0 radical (unpaired) electrons. The van der Waals surface area contributed by atoms with Gasteiger partial charge in [0.2, 0.25) is 5.91 Å². The molecule has 1 saturated carbocycles. The van der Waals surface area contributed by atoms with Gasteiger partial charge < -0.3 is 10.4 Å². The molecule has 7 heteroatoms. The second-order valence-corrected chi connectivity index (χ2v) is 8.26. The summed E-state index contributed by atoms with van der Waals surface area (Å²) in [6.45, 7) is 0. The predicted octanol–water partition coefficient (Wildman–Crippen LogP) is 2.38. The first-order valence-corrected chi connectivity index (χ1v) is 9.48. The summed E-state index contributed by atoms with van der Waals surface area (Å²) in [5, 5.41) is 12.2. The van der Waals surface area contributed by atoms with E-state index in [0.717, 1.165) is 10.6 Å². The number of benzene rings is 1. The second kappa shape index (κ2) is 6.05. The van der Waals surface area contributed by atoms with Crippen LogP contribution >= 0.6 is 11.8 Å². The quantitative estimate of drug-likeness (QED) is 0.864. The average molecular weight is 360 g/mol. The van der Waals surface area contributed by atoms with Crippen LogP contribution in [0.4, 0.5) is 5.69 Å². The van der Waals surface area contributed by atoms with E-state index in [4.69, 9.17) is 5.11 Å². The molecular formula is C18H20N2O4S. The lowest BCUT2D eigenvalue weighted by atomic mass is 9.86. The van der Waals surface area contributed by atoms with Crippen molar-refractivity contribution >= 4 is 35.2 Å². The first-order valence-electron chi connectivity index (χ1n) is 8.66. The molecule has 3 aliphatic rings. The van der Waals surface area contributed by atoms with Gasteiger partial charge in [0.1, 0.15) is 0 Å². The Morgan fingerprint density at radius 3 is 2.64 bits per heavy atom. The monoisotopic (exact) mass is 360 g/mol. The number of rotatable bonds is 3. The molecule has 1 atom stereocenters. The summed E-state index contributed by atoms with van der Waals surface area (Å²) in [5.74, 6) is -1.20. The van der Waals surface area contributed by atoms with Crippen LogP contribution in [0.1, 0.15) is 38.5 Å². The van der Waals surface area contributed by atoms with Crippen molar-refractivity contribution in [2.75, 3.05) is 4.90 Å². The molecule has 1 aromatic rings. The van der Waals surface area contributed by atoms with Gasteiger partial charge in [-0.05, 0) is 44.2 Å². The topological polar surface area (TPSA) is 86.7 Å². The van der Waals surface area contributed by atoms with Crippen LogP contribution in [0.15, 0.2) is 29.2 Å². The van der Waals surface area contributed by atoms with Crippen LogP contribution in [0.3, 0.4) is 0 Å². The van der Waals surface area contributed by atoms with Gasteiger partial charge in [-0.25, -0.2) is 0 Å². The smallest absolute Gasteiger partial charge is 0.306 e. The first-order chi connectivity index (χ1) is 12.0. The summed E-state index contributed by atoms with van der Waals surface area (Å²) in [6, 6.07) is 7.61. The number of aliphatic carboxylic acids is 1. The van der Waals surface area contributed by atoms with E-state index < -0.39 is 10.8 Å². The summed E-state index contributed by atoms with van der Waals surface area (Å²) in [4.78, 5) is 38.3. The summed E-state index contributed by atoms with van der Waals surface area (Å²) in [7, 11) is 0. The van der Waals surface area contributed by atoms with Crippen LogP contribution in [-0.2, 0) is 14.4 Å². The maximum atomic E-state index is 13.1. The van der Waals surface area contributed by atoms with Crippen LogP contribution in [-0.4, -0.2) is 33.8 Å². The minimum Gasteiger partial charge on any atom is -0.481 e. The number of hydrogen-bond donors (Lipinski definition) is 2. The lowest BCUT2D eigenvalue weighted by molar-refractivity contribution is -0.142. The Hall–Kier alpha value is -2.02. The van der Waals surface area contributed by atoms with Crippen LogP contribution in [0.25, 0.3) is 0 Å². The SMILES string of the molecule is O=C(O)C1CCC(NC(=O)C23CCC(=O)N2c2ccccc2S3)CC1. The van der Waals surface area contributed by atoms with Crippen molar-refractivity contribution in [1.82, 2.24) is 5.32 Å². The van der Waals surface area contributed by atoms with Crippen molar-refractivity contribution in [2.45, 2.75) is 54.3 Å². The van der Waals surface area contributed by atoms with E-state index in [1.807, 2.05) is 24.3 Å². The molecule has 132 valence electrons. The summed E-state index contributed by atoms with van der Waals surface area (Å²) in [5.41, 5.74) is 0.819. The third-order valence-corrected chi connectivity index (χ3v) is 6.91. The molecule has 2 N–H and O–H groups in total. The Labute approximate surface area is 150 Å².